The summed E-state index contributed by atoms with van der Waals surface area (Å²) in [7, 11) is 0. The molecule has 2 nitrogen and oxygen atoms in total. The normalized spacial score (nSPS) is 17.2. The molecule has 1 atom stereocenters. The predicted octanol–water partition coefficient (Wildman–Crippen LogP) is 3.21. The third-order valence-electron chi connectivity index (χ3n) is 3.60. The van der Waals surface area contributed by atoms with Crippen LogP contribution in [0.3, 0.4) is 0 Å². The van der Waals surface area contributed by atoms with Gasteiger partial charge in [-0.2, -0.15) is 0 Å². The molecule has 1 saturated carbocycles. The van der Waals surface area contributed by atoms with Crippen molar-refractivity contribution in [1.82, 2.24) is 4.90 Å². The Morgan fingerprint density at radius 1 is 1.50 bits per heavy atom. The van der Waals surface area contributed by atoms with Crippen LogP contribution in [0, 0.1) is 11.7 Å². The van der Waals surface area contributed by atoms with Crippen molar-refractivity contribution in [3.05, 3.63) is 34.6 Å². The van der Waals surface area contributed by atoms with Gasteiger partial charge in [-0.3, -0.25) is 4.90 Å². The Bertz CT molecular complexity index is 407. The summed E-state index contributed by atoms with van der Waals surface area (Å²) < 4.78 is 14.1. The van der Waals surface area contributed by atoms with Gasteiger partial charge >= 0.3 is 0 Å². The lowest BCUT2D eigenvalue weighted by molar-refractivity contribution is 0.199. The fourth-order valence-corrected chi connectivity index (χ4v) is 2.54. The maximum Gasteiger partial charge on any atom is 0.146 e. The summed E-state index contributed by atoms with van der Waals surface area (Å²) in [6.07, 6.45) is 2.57. The summed E-state index contributed by atoms with van der Waals surface area (Å²) in [5.41, 5.74) is 6.46. The van der Waals surface area contributed by atoms with Crippen molar-refractivity contribution in [3.8, 4) is 0 Å². The molecule has 0 bridgehead atoms. The average molecular weight is 271 g/mol. The van der Waals surface area contributed by atoms with E-state index in [1.165, 1.54) is 12.8 Å². The standard InChI is InChI=1S/C14H20ClFN2/c1-2-18(9-10-6-7-10)13(8-17)11-4-3-5-12(15)14(11)16/h3-5,10,13H,2,6-9,17H2,1H3. The molecule has 1 aliphatic carbocycles. The van der Waals surface area contributed by atoms with E-state index >= 15 is 0 Å². The van der Waals surface area contributed by atoms with Gasteiger partial charge in [0.2, 0.25) is 0 Å². The molecule has 0 aromatic heterocycles. The van der Waals surface area contributed by atoms with E-state index in [4.69, 9.17) is 17.3 Å². The Hall–Kier alpha value is -0.640. The van der Waals surface area contributed by atoms with Crippen molar-refractivity contribution in [3.63, 3.8) is 0 Å². The molecule has 0 heterocycles. The zero-order chi connectivity index (χ0) is 13.1. The summed E-state index contributed by atoms with van der Waals surface area (Å²) in [6, 6.07) is 5.07. The highest BCUT2D eigenvalue weighted by Crippen LogP contribution is 2.33. The number of halogens is 2. The molecule has 1 aromatic carbocycles. The van der Waals surface area contributed by atoms with Crippen molar-refractivity contribution in [2.24, 2.45) is 11.7 Å². The van der Waals surface area contributed by atoms with Gasteiger partial charge in [0.15, 0.2) is 0 Å². The fourth-order valence-electron chi connectivity index (χ4n) is 2.36. The SMILES string of the molecule is CCN(CC1CC1)C(CN)c1cccc(Cl)c1F. The van der Waals surface area contributed by atoms with Gasteiger partial charge in [-0.05, 0) is 31.4 Å². The monoisotopic (exact) mass is 270 g/mol. The minimum absolute atomic E-state index is 0.0747. The predicted molar refractivity (Wildman–Crippen MR) is 73.2 cm³/mol. The van der Waals surface area contributed by atoms with Crippen LogP contribution in [0.15, 0.2) is 18.2 Å². The molecule has 2 rings (SSSR count). The molecule has 1 fully saturated rings. The molecule has 0 radical (unpaired) electrons. The van der Waals surface area contributed by atoms with Gasteiger partial charge in [0.1, 0.15) is 5.82 Å². The van der Waals surface area contributed by atoms with Crippen molar-refractivity contribution >= 4 is 11.6 Å². The van der Waals surface area contributed by atoms with Gasteiger partial charge in [0.05, 0.1) is 5.02 Å². The maximum absolute atomic E-state index is 14.1. The van der Waals surface area contributed by atoms with Crippen LogP contribution in [-0.4, -0.2) is 24.5 Å². The van der Waals surface area contributed by atoms with Crippen LogP contribution < -0.4 is 5.73 Å². The Morgan fingerprint density at radius 3 is 2.78 bits per heavy atom. The summed E-state index contributed by atoms with van der Waals surface area (Å²) >= 11 is 5.85. The Balaban J connectivity index is 2.21. The number of benzene rings is 1. The van der Waals surface area contributed by atoms with Crippen LogP contribution >= 0.6 is 11.6 Å². The second-order valence-corrected chi connectivity index (χ2v) is 5.33. The molecular formula is C14H20ClFN2. The Kier molecular flexibility index (Phi) is 4.60. The second kappa shape index (κ2) is 6.00. The number of likely N-dealkylation sites (N-methyl/N-ethyl adjacent to an activating group) is 1. The van der Waals surface area contributed by atoms with E-state index in [0.29, 0.717) is 12.1 Å². The highest BCUT2D eigenvalue weighted by Gasteiger charge is 2.28. The van der Waals surface area contributed by atoms with E-state index in [2.05, 4.69) is 11.8 Å². The summed E-state index contributed by atoms with van der Waals surface area (Å²) in [5, 5.41) is 0.174. The Morgan fingerprint density at radius 2 is 2.22 bits per heavy atom. The van der Waals surface area contributed by atoms with E-state index in [-0.39, 0.29) is 16.9 Å². The van der Waals surface area contributed by atoms with Crippen molar-refractivity contribution in [2.75, 3.05) is 19.6 Å². The summed E-state index contributed by atoms with van der Waals surface area (Å²) in [6.45, 7) is 4.39. The molecule has 0 spiro atoms. The third-order valence-corrected chi connectivity index (χ3v) is 3.89. The van der Waals surface area contributed by atoms with Gasteiger partial charge in [-0.25, -0.2) is 4.39 Å². The zero-order valence-corrected chi connectivity index (χ0v) is 11.5. The molecule has 18 heavy (non-hydrogen) atoms. The van der Waals surface area contributed by atoms with Gasteiger partial charge in [-0.1, -0.05) is 30.7 Å². The highest BCUT2D eigenvalue weighted by molar-refractivity contribution is 6.30. The molecule has 1 unspecified atom stereocenters. The lowest BCUT2D eigenvalue weighted by Crippen LogP contribution is -2.35. The number of hydrogen-bond acceptors (Lipinski definition) is 2. The maximum atomic E-state index is 14.1. The molecule has 0 saturated heterocycles. The lowest BCUT2D eigenvalue weighted by Gasteiger charge is -2.30. The van der Waals surface area contributed by atoms with Crippen LogP contribution in [0.1, 0.15) is 31.4 Å². The van der Waals surface area contributed by atoms with E-state index in [1.807, 2.05) is 0 Å². The number of nitrogens with zero attached hydrogens (tertiary/aromatic N) is 1. The molecular weight excluding hydrogens is 251 g/mol. The van der Waals surface area contributed by atoms with Gasteiger partial charge in [0.25, 0.3) is 0 Å². The van der Waals surface area contributed by atoms with Gasteiger partial charge in [0, 0.05) is 24.7 Å². The molecule has 100 valence electrons. The largest absolute Gasteiger partial charge is 0.329 e. The van der Waals surface area contributed by atoms with Crippen molar-refractivity contribution < 1.29 is 4.39 Å². The van der Waals surface area contributed by atoms with Crippen molar-refractivity contribution in [2.45, 2.75) is 25.8 Å². The Labute approximate surface area is 113 Å². The lowest BCUT2D eigenvalue weighted by atomic mass is 10.0. The average Bonchev–Trinajstić information content (AvgIpc) is 3.17. The van der Waals surface area contributed by atoms with Gasteiger partial charge < -0.3 is 5.73 Å². The van der Waals surface area contributed by atoms with Crippen LogP contribution in [0.25, 0.3) is 0 Å². The minimum atomic E-state index is -0.330. The van der Waals surface area contributed by atoms with Crippen LogP contribution in [0.4, 0.5) is 4.39 Å². The van der Waals surface area contributed by atoms with E-state index < -0.39 is 0 Å². The van der Waals surface area contributed by atoms with Crippen LogP contribution in [-0.2, 0) is 0 Å². The van der Waals surface area contributed by atoms with E-state index in [0.717, 1.165) is 19.0 Å². The number of hydrogen-bond donors (Lipinski definition) is 1. The third kappa shape index (κ3) is 3.02. The molecule has 2 N–H and O–H groups in total. The zero-order valence-electron chi connectivity index (χ0n) is 10.7. The van der Waals surface area contributed by atoms with Crippen LogP contribution in [0.5, 0.6) is 0 Å². The first-order valence-electron chi connectivity index (χ1n) is 6.55. The molecule has 4 heteroatoms. The quantitative estimate of drug-likeness (QED) is 0.860. The van der Waals surface area contributed by atoms with Crippen molar-refractivity contribution in [1.29, 1.82) is 0 Å². The summed E-state index contributed by atoms with van der Waals surface area (Å²) in [4.78, 5) is 2.26. The highest BCUT2D eigenvalue weighted by atomic mass is 35.5. The topological polar surface area (TPSA) is 29.3 Å². The van der Waals surface area contributed by atoms with Gasteiger partial charge in [-0.15, -0.1) is 0 Å². The molecule has 0 aliphatic heterocycles. The fraction of sp³-hybridized carbons (Fsp3) is 0.571. The van der Waals surface area contributed by atoms with E-state index in [9.17, 15) is 4.39 Å². The second-order valence-electron chi connectivity index (χ2n) is 4.93. The van der Waals surface area contributed by atoms with Crippen LogP contribution in [0.2, 0.25) is 5.02 Å². The smallest absolute Gasteiger partial charge is 0.146 e. The molecule has 0 amide bonds. The number of rotatable bonds is 6. The molecule has 1 aromatic rings. The first-order valence-corrected chi connectivity index (χ1v) is 6.93. The first-order chi connectivity index (χ1) is 8.67. The number of nitrogens with two attached hydrogens (primary N) is 1. The summed E-state index contributed by atoms with van der Waals surface area (Å²) in [5.74, 6) is 0.435. The minimum Gasteiger partial charge on any atom is -0.329 e. The van der Waals surface area contributed by atoms with E-state index in [1.54, 1.807) is 18.2 Å². The molecule has 1 aliphatic rings. The first kappa shape index (κ1) is 13.8.